The first-order chi connectivity index (χ1) is 12.5. The summed E-state index contributed by atoms with van der Waals surface area (Å²) in [5.74, 6) is -0.0844. The molecule has 2 amide bonds. The summed E-state index contributed by atoms with van der Waals surface area (Å²) in [6.45, 7) is 2.52. The Hall–Kier alpha value is -3.19. The van der Waals surface area contributed by atoms with Gasteiger partial charge in [-0.25, -0.2) is 0 Å². The van der Waals surface area contributed by atoms with Crippen molar-refractivity contribution in [3.05, 3.63) is 65.7 Å². The van der Waals surface area contributed by atoms with Gasteiger partial charge in [0.15, 0.2) is 5.11 Å². The molecular weight excluding hydrogens is 350 g/mol. The van der Waals surface area contributed by atoms with Crippen molar-refractivity contribution in [3.8, 4) is 5.75 Å². The zero-order valence-corrected chi connectivity index (χ0v) is 15.0. The molecule has 0 saturated carbocycles. The van der Waals surface area contributed by atoms with E-state index in [2.05, 4.69) is 10.6 Å². The van der Waals surface area contributed by atoms with Crippen molar-refractivity contribution in [2.45, 2.75) is 6.92 Å². The van der Waals surface area contributed by atoms with Crippen LogP contribution in [0.1, 0.15) is 22.8 Å². The van der Waals surface area contributed by atoms with Gasteiger partial charge in [-0.05, 0) is 67.2 Å². The monoisotopic (exact) mass is 369 g/mol. The van der Waals surface area contributed by atoms with E-state index in [9.17, 15) is 9.59 Å². The van der Waals surface area contributed by atoms with Crippen molar-refractivity contribution in [3.63, 3.8) is 0 Å². The first-order valence-corrected chi connectivity index (χ1v) is 8.31. The van der Waals surface area contributed by atoms with Crippen LogP contribution in [-0.2, 0) is 4.79 Å². The molecule has 6 nitrogen and oxygen atoms in total. The number of ether oxygens (including phenoxy) is 1. The van der Waals surface area contributed by atoms with E-state index in [4.69, 9.17) is 22.7 Å². The van der Waals surface area contributed by atoms with E-state index in [1.807, 2.05) is 31.2 Å². The van der Waals surface area contributed by atoms with Gasteiger partial charge in [-0.15, -0.1) is 0 Å². The van der Waals surface area contributed by atoms with E-state index in [0.29, 0.717) is 17.9 Å². The average Bonchev–Trinajstić information content (AvgIpc) is 2.61. The third-order valence-corrected chi connectivity index (χ3v) is 3.49. The van der Waals surface area contributed by atoms with Crippen LogP contribution in [0.15, 0.2) is 54.6 Å². The van der Waals surface area contributed by atoms with Gasteiger partial charge in [0.05, 0.1) is 6.61 Å². The summed E-state index contributed by atoms with van der Waals surface area (Å²) in [6.07, 6.45) is 3.06. The number of carbonyl (C=O) groups is 2. The van der Waals surface area contributed by atoms with Crippen LogP contribution < -0.4 is 21.1 Å². The van der Waals surface area contributed by atoms with Crippen LogP contribution in [0.4, 0.5) is 5.69 Å². The quantitative estimate of drug-likeness (QED) is 0.538. The van der Waals surface area contributed by atoms with Crippen molar-refractivity contribution < 1.29 is 14.3 Å². The van der Waals surface area contributed by atoms with Crippen LogP contribution in [0.25, 0.3) is 6.08 Å². The molecule has 0 aliphatic carbocycles. The predicted octanol–water partition coefficient (Wildman–Crippen LogP) is 2.71. The molecule has 0 aliphatic rings. The molecule has 0 saturated heterocycles. The maximum atomic E-state index is 11.9. The largest absolute Gasteiger partial charge is 0.494 e. The Labute approximate surface area is 157 Å². The second-order valence-electron chi connectivity index (χ2n) is 5.22. The molecule has 2 rings (SSSR count). The number of rotatable bonds is 6. The molecule has 2 aromatic rings. The smallest absolute Gasteiger partial charge is 0.250 e. The molecule has 0 heterocycles. The molecule has 2 aromatic carbocycles. The van der Waals surface area contributed by atoms with Gasteiger partial charge in [-0.3, -0.25) is 14.9 Å². The number of thiocarbonyl (C=S) groups is 1. The molecular formula is C19H19N3O3S. The lowest BCUT2D eigenvalue weighted by Gasteiger charge is -2.08. The average molecular weight is 369 g/mol. The molecule has 0 atom stereocenters. The van der Waals surface area contributed by atoms with E-state index in [1.54, 1.807) is 30.3 Å². The summed E-state index contributed by atoms with van der Waals surface area (Å²) in [6, 6.07) is 13.8. The van der Waals surface area contributed by atoms with E-state index in [1.165, 1.54) is 6.08 Å². The fraction of sp³-hybridized carbons (Fsp3) is 0.105. The number of hydrogen-bond acceptors (Lipinski definition) is 4. The van der Waals surface area contributed by atoms with Gasteiger partial charge in [-0.2, -0.15) is 0 Å². The lowest BCUT2D eigenvalue weighted by molar-refractivity contribution is -0.115. The number of nitrogens with two attached hydrogens (primary N) is 1. The minimum Gasteiger partial charge on any atom is -0.494 e. The molecule has 0 unspecified atom stereocenters. The van der Waals surface area contributed by atoms with Crippen LogP contribution >= 0.6 is 12.2 Å². The van der Waals surface area contributed by atoms with Gasteiger partial charge >= 0.3 is 0 Å². The third-order valence-electron chi connectivity index (χ3n) is 3.28. The number of nitrogens with one attached hydrogen (secondary N) is 2. The molecule has 0 aromatic heterocycles. The highest BCUT2D eigenvalue weighted by molar-refractivity contribution is 7.80. The van der Waals surface area contributed by atoms with Crippen LogP contribution in [-0.4, -0.2) is 23.5 Å². The molecule has 0 radical (unpaired) electrons. The Bertz CT molecular complexity index is 815. The number of primary amides is 1. The zero-order valence-electron chi connectivity index (χ0n) is 14.2. The first kappa shape index (κ1) is 19.1. The third kappa shape index (κ3) is 6.03. The molecule has 4 N–H and O–H groups in total. The molecule has 0 fully saturated rings. The highest BCUT2D eigenvalue weighted by Crippen LogP contribution is 2.13. The van der Waals surface area contributed by atoms with Crippen LogP contribution in [0.3, 0.4) is 0 Å². The number of benzene rings is 2. The number of anilines is 1. The summed E-state index contributed by atoms with van der Waals surface area (Å²) >= 11 is 5.09. The number of amides is 2. The van der Waals surface area contributed by atoms with Crippen molar-refractivity contribution in [1.82, 2.24) is 5.32 Å². The number of hydrogen-bond donors (Lipinski definition) is 3. The fourth-order valence-corrected chi connectivity index (χ4v) is 2.27. The molecule has 26 heavy (non-hydrogen) atoms. The standard InChI is InChI=1S/C19H19N3O3S/c1-2-25-16-10-3-13(4-11-16)5-12-17(23)22-19(26)21-15-8-6-14(7-9-15)18(20)24/h3-12H,2H2,1H3,(H2,20,24)(H2,21,22,23,26)/b12-5+. The highest BCUT2D eigenvalue weighted by atomic mass is 32.1. The summed E-state index contributed by atoms with van der Waals surface area (Å²) in [4.78, 5) is 22.9. The van der Waals surface area contributed by atoms with E-state index in [0.717, 1.165) is 11.3 Å². The Balaban J connectivity index is 1.86. The van der Waals surface area contributed by atoms with Gasteiger partial charge in [0.25, 0.3) is 0 Å². The molecule has 0 bridgehead atoms. The predicted molar refractivity (Wildman–Crippen MR) is 106 cm³/mol. The topological polar surface area (TPSA) is 93.4 Å². The van der Waals surface area contributed by atoms with Crippen molar-refractivity contribution in [1.29, 1.82) is 0 Å². The normalized spacial score (nSPS) is 10.3. The van der Waals surface area contributed by atoms with Crippen molar-refractivity contribution >= 4 is 40.9 Å². The van der Waals surface area contributed by atoms with E-state index in [-0.39, 0.29) is 11.0 Å². The van der Waals surface area contributed by atoms with Crippen LogP contribution in [0.2, 0.25) is 0 Å². The SMILES string of the molecule is CCOc1ccc(/C=C/C(=O)NC(=S)Nc2ccc(C(N)=O)cc2)cc1. The Morgan fingerprint density at radius 3 is 2.35 bits per heavy atom. The summed E-state index contributed by atoms with van der Waals surface area (Å²) in [5, 5.41) is 5.55. The highest BCUT2D eigenvalue weighted by Gasteiger charge is 2.03. The van der Waals surface area contributed by atoms with Crippen molar-refractivity contribution in [2.24, 2.45) is 5.73 Å². The lowest BCUT2D eigenvalue weighted by atomic mass is 10.2. The maximum Gasteiger partial charge on any atom is 0.250 e. The van der Waals surface area contributed by atoms with Gasteiger partial charge in [-0.1, -0.05) is 12.1 Å². The molecule has 0 aliphatic heterocycles. The van der Waals surface area contributed by atoms with Gasteiger partial charge < -0.3 is 15.8 Å². The summed E-state index contributed by atoms with van der Waals surface area (Å²) in [5.41, 5.74) is 7.07. The number of carbonyl (C=O) groups excluding carboxylic acids is 2. The van der Waals surface area contributed by atoms with Crippen LogP contribution in [0.5, 0.6) is 5.75 Å². The van der Waals surface area contributed by atoms with Gasteiger partial charge in [0, 0.05) is 17.3 Å². The Kier molecular flexibility index (Phi) is 6.87. The Morgan fingerprint density at radius 1 is 1.12 bits per heavy atom. The molecule has 0 spiro atoms. The van der Waals surface area contributed by atoms with Crippen molar-refractivity contribution in [2.75, 3.05) is 11.9 Å². The summed E-state index contributed by atoms with van der Waals surface area (Å²) in [7, 11) is 0. The second-order valence-corrected chi connectivity index (χ2v) is 5.63. The van der Waals surface area contributed by atoms with E-state index < -0.39 is 5.91 Å². The lowest BCUT2D eigenvalue weighted by Crippen LogP contribution is -2.32. The molecule has 134 valence electrons. The van der Waals surface area contributed by atoms with Crippen LogP contribution in [0, 0.1) is 0 Å². The van der Waals surface area contributed by atoms with Gasteiger partial charge in [0.1, 0.15) is 5.75 Å². The second kappa shape index (κ2) is 9.33. The minimum atomic E-state index is -0.508. The molecule has 7 heteroatoms. The zero-order chi connectivity index (χ0) is 18.9. The first-order valence-electron chi connectivity index (χ1n) is 7.90. The fourth-order valence-electron chi connectivity index (χ4n) is 2.05. The Morgan fingerprint density at radius 2 is 1.77 bits per heavy atom. The van der Waals surface area contributed by atoms with E-state index >= 15 is 0 Å². The maximum absolute atomic E-state index is 11.9. The summed E-state index contributed by atoms with van der Waals surface area (Å²) < 4.78 is 5.36. The van der Waals surface area contributed by atoms with Gasteiger partial charge in [0.2, 0.25) is 11.8 Å². The minimum absolute atomic E-state index is 0.151.